The van der Waals surface area contributed by atoms with E-state index in [0.29, 0.717) is 30.3 Å². The van der Waals surface area contributed by atoms with Crippen LogP contribution in [0.1, 0.15) is 18.6 Å². The maximum Gasteiger partial charge on any atom is 0.404 e. The summed E-state index contributed by atoms with van der Waals surface area (Å²) >= 11 is 0. The van der Waals surface area contributed by atoms with E-state index in [1.165, 1.54) is 0 Å². The molecule has 0 radical (unpaired) electrons. The Hall–Kier alpha value is -1.95. The van der Waals surface area contributed by atoms with Crippen molar-refractivity contribution in [1.82, 2.24) is 5.32 Å². The SMILES string of the molecule is C[C@H](NC(=O)O)[C@H](O)c1ccc2c(c1)OCCO2. The lowest BCUT2D eigenvalue weighted by atomic mass is 10.0. The van der Waals surface area contributed by atoms with E-state index in [1.54, 1.807) is 25.1 Å². The van der Waals surface area contributed by atoms with Crippen molar-refractivity contribution >= 4 is 6.09 Å². The van der Waals surface area contributed by atoms with Gasteiger partial charge in [0.15, 0.2) is 11.5 Å². The molecule has 1 aromatic rings. The number of aliphatic hydroxyl groups excluding tert-OH is 1. The van der Waals surface area contributed by atoms with Crippen molar-refractivity contribution in [2.24, 2.45) is 0 Å². The molecule has 18 heavy (non-hydrogen) atoms. The minimum atomic E-state index is -1.17. The van der Waals surface area contributed by atoms with Crippen LogP contribution in [0.4, 0.5) is 4.79 Å². The number of aliphatic hydroxyl groups is 1. The average molecular weight is 253 g/mol. The standard InChI is InChI=1S/C12H15NO5/c1-7(13-12(15)16)11(14)8-2-3-9-10(6-8)18-5-4-17-9/h2-3,6-7,11,13-14H,4-5H2,1H3,(H,15,16)/t7-,11-/m0/s1. The topological polar surface area (TPSA) is 88.0 Å². The molecular formula is C12H15NO5. The predicted molar refractivity (Wildman–Crippen MR) is 63.0 cm³/mol. The summed E-state index contributed by atoms with van der Waals surface area (Å²) in [7, 11) is 0. The molecule has 0 aromatic heterocycles. The van der Waals surface area contributed by atoms with Crippen LogP contribution in [0.2, 0.25) is 0 Å². The number of fused-ring (bicyclic) bond motifs is 1. The Kier molecular flexibility index (Phi) is 3.57. The number of amides is 1. The first-order chi connectivity index (χ1) is 8.58. The lowest BCUT2D eigenvalue weighted by Crippen LogP contribution is -2.36. The molecule has 0 fully saturated rings. The normalized spacial score (nSPS) is 16.8. The summed E-state index contributed by atoms with van der Waals surface area (Å²) in [4.78, 5) is 10.5. The zero-order valence-electron chi connectivity index (χ0n) is 9.92. The molecule has 3 N–H and O–H groups in total. The molecule has 98 valence electrons. The first-order valence-electron chi connectivity index (χ1n) is 5.65. The van der Waals surface area contributed by atoms with Crippen LogP contribution < -0.4 is 14.8 Å². The molecule has 2 atom stereocenters. The summed E-state index contributed by atoms with van der Waals surface area (Å²) in [6, 6.07) is 4.46. The molecule has 1 heterocycles. The Labute approximate surface area is 104 Å². The minimum Gasteiger partial charge on any atom is -0.486 e. The van der Waals surface area contributed by atoms with Crippen LogP contribution in [0, 0.1) is 0 Å². The second kappa shape index (κ2) is 5.14. The van der Waals surface area contributed by atoms with E-state index in [9.17, 15) is 9.90 Å². The highest BCUT2D eigenvalue weighted by Gasteiger charge is 2.20. The third kappa shape index (κ3) is 2.65. The Bertz CT molecular complexity index is 448. The number of rotatable bonds is 3. The van der Waals surface area contributed by atoms with Crippen molar-refractivity contribution in [2.45, 2.75) is 19.1 Å². The maximum absolute atomic E-state index is 10.5. The van der Waals surface area contributed by atoms with Gasteiger partial charge in [0.2, 0.25) is 0 Å². The lowest BCUT2D eigenvalue weighted by molar-refractivity contribution is 0.125. The van der Waals surface area contributed by atoms with Gasteiger partial charge in [-0.25, -0.2) is 4.79 Å². The summed E-state index contributed by atoms with van der Waals surface area (Å²) in [5.41, 5.74) is 0.584. The third-order valence-corrected chi connectivity index (χ3v) is 2.73. The van der Waals surface area contributed by atoms with E-state index >= 15 is 0 Å². The van der Waals surface area contributed by atoms with Crippen molar-refractivity contribution in [2.75, 3.05) is 13.2 Å². The molecule has 1 aliphatic heterocycles. The number of hydrogen-bond donors (Lipinski definition) is 3. The van der Waals surface area contributed by atoms with Crippen molar-refractivity contribution in [3.63, 3.8) is 0 Å². The number of carbonyl (C=O) groups is 1. The maximum atomic E-state index is 10.5. The molecule has 0 unspecified atom stereocenters. The minimum absolute atomic E-state index is 0.468. The van der Waals surface area contributed by atoms with Gasteiger partial charge in [0, 0.05) is 0 Å². The summed E-state index contributed by atoms with van der Waals surface area (Å²) < 4.78 is 10.8. The third-order valence-electron chi connectivity index (χ3n) is 2.73. The van der Waals surface area contributed by atoms with Gasteiger partial charge in [-0.3, -0.25) is 0 Å². The van der Waals surface area contributed by atoms with Crippen molar-refractivity contribution < 1.29 is 24.5 Å². The van der Waals surface area contributed by atoms with E-state index in [-0.39, 0.29) is 0 Å². The zero-order chi connectivity index (χ0) is 13.1. The Morgan fingerprint density at radius 2 is 2.00 bits per heavy atom. The quantitative estimate of drug-likeness (QED) is 0.752. The number of nitrogens with one attached hydrogen (secondary N) is 1. The average Bonchev–Trinajstić information content (AvgIpc) is 2.36. The Morgan fingerprint density at radius 3 is 2.67 bits per heavy atom. The van der Waals surface area contributed by atoms with Crippen LogP contribution in [-0.2, 0) is 0 Å². The van der Waals surface area contributed by atoms with Crippen LogP contribution in [0.3, 0.4) is 0 Å². The number of ether oxygens (including phenoxy) is 2. The Morgan fingerprint density at radius 1 is 1.33 bits per heavy atom. The first-order valence-corrected chi connectivity index (χ1v) is 5.65. The van der Waals surface area contributed by atoms with E-state index in [2.05, 4.69) is 5.32 Å². The fourth-order valence-corrected chi connectivity index (χ4v) is 1.81. The van der Waals surface area contributed by atoms with Gasteiger partial charge in [-0.1, -0.05) is 6.07 Å². The summed E-state index contributed by atoms with van der Waals surface area (Å²) in [6.07, 6.45) is -2.10. The zero-order valence-corrected chi connectivity index (χ0v) is 9.92. The van der Waals surface area contributed by atoms with E-state index in [4.69, 9.17) is 14.6 Å². The summed E-state index contributed by atoms with van der Waals surface area (Å²) in [6.45, 7) is 2.57. The van der Waals surface area contributed by atoms with Gasteiger partial charge >= 0.3 is 6.09 Å². The molecular weight excluding hydrogens is 238 g/mol. The van der Waals surface area contributed by atoms with Crippen molar-refractivity contribution in [3.05, 3.63) is 23.8 Å². The van der Waals surface area contributed by atoms with Crippen LogP contribution in [0.5, 0.6) is 11.5 Å². The van der Waals surface area contributed by atoms with Gasteiger partial charge in [0.1, 0.15) is 13.2 Å². The fraction of sp³-hybridized carbons (Fsp3) is 0.417. The smallest absolute Gasteiger partial charge is 0.404 e. The number of benzene rings is 1. The molecule has 1 amide bonds. The van der Waals surface area contributed by atoms with Gasteiger partial charge in [0.05, 0.1) is 12.1 Å². The molecule has 0 saturated carbocycles. The molecule has 1 aromatic carbocycles. The van der Waals surface area contributed by atoms with Gasteiger partial charge < -0.3 is 25.0 Å². The molecule has 0 bridgehead atoms. The van der Waals surface area contributed by atoms with Crippen LogP contribution in [0.15, 0.2) is 18.2 Å². The fourth-order valence-electron chi connectivity index (χ4n) is 1.81. The van der Waals surface area contributed by atoms with E-state index < -0.39 is 18.2 Å². The molecule has 6 nitrogen and oxygen atoms in total. The van der Waals surface area contributed by atoms with Gasteiger partial charge in [-0.05, 0) is 24.6 Å². The molecule has 2 rings (SSSR count). The Balaban J connectivity index is 2.15. The first kappa shape index (κ1) is 12.5. The largest absolute Gasteiger partial charge is 0.486 e. The van der Waals surface area contributed by atoms with E-state index in [0.717, 1.165) is 0 Å². The second-order valence-electron chi connectivity index (χ2n) is 4.09. The molecule has 0 aliphatic carbocycles. The second-order valence-corrected chi connectivity index (χ2v) is 4.09. The summed E-state index contributed by atoms with van der Waals surface area (Å²) in [5.74, 6) is 1.20. The van der Waals surface area contributed by atoms with Crippen LogP contribution >= 0.6 is 0 Å². The van der Waals surface area contributed by atoms with Crippen molar-refractivity contribution in [3.8, 4) is 11.5 Å². The predicted octanol–water partition coefficient (Wildman–Crippen LogP) is 1.15. The van der Waals surface area contributed by atoms with Gasteiger partial charge in [0.25, 0.3) is 0 Å². The number of carboxylic acid groups (broad SMARTS) is 1. The highest BCUT2D eigenvalue weighted by molar-refractivity contribution is 5.65. The van der Waals surface area contributed by atoms with Crippen LogP contribution in [-0.4, -0.2) is 35.6 Å². The monoisotopic (exact) mass is 253 g/mol. The molecule has 0 spiro atoms. The lowest BCUT2D eigenvalue weighted by Gasteiger charge is -2.22. The van der Waals surface area contributed by atoms with Gasteiger partial charge in [-0.2, -0.15) is 0 Å². The molecule has 6 heteroatoms. The van der Waals surface area contributed by atoms with E-state index in [1.807, 2.05) is 0 Å². The highest BCUT2D eigenvalue weighted by atomic mass is 16.6. The van der Waals surface area contributed by atoms with Gasteiger partial charge in [-0.15, -0.1) is 0 Å². The van der Waals surface area contributed by atoms with Crippen molar-refractivity contribution in [1.29, 1.82) is 0 Å². The number of hydrogen-bond acceptors (Lipinski definition) is 4. The molecule has 0 saturated heterocycles. The summed E-state index contributed by atoms with van der Waals surface area (Å²) in [5, 5.41) is 20.8. The van der Waals surface area contributed by atoms with Crippen LogP contribution in [0.25, 0.3) is 0 Å². The molecule has 1 aliphatic rings. The highest BCUT2D eigenvalue weighted by Crippen LogP contribution is 2.33.